The van der Waals surface area contributed by atoms with E-state index in [1.807, 2.05) is 6.92 Å². The minimum Gasteiger partial charge on any atom is -0.368 e. The van der Waals surface area contributed by atoms with Crippen molar-refractivity contribution in [1.82, 2.24) is 4.90 Å². The highest BCUT2D eigenvalue weighted by atomic mass is 16.2. The highest BCUT2D eigenvalue weighted by Crippen LogP contribution is 2.30. The summed E-state index contributed by atoms with van der Waals surface area (Å²) in [4.78, 5) is 23.9. The van der Waals surface area contributed by atoms with Crippen LogP contribution in [0.3, 0.4) is 0 Å². The first kappa shape index (κ1) is 11.0. The molecule has 0 heterocycles. The van der Waals surface area contributed by atoms with E-state index in [0.717, 1.165) is 6.42 Å². The maximum Gasteiger partial charge on any atom is 0.243 e. The molecule has 1 rings (SSSR count). The number of nitrogens with two attached hydrogens (primary N) is 2. The third-order valence-electron chi connectivity index (χ3n) is 2.69. The Hall–Kier alpha value is -1.10. The molecule has 0 radical (unpaired) electrons. The van der Waals surface area contributed by atoms with E-state index in [4.69, 9.17) is 11.5 Å². The number of carbonyl (C=O) groups excluding carboxylic acids is 2. The fourth-order valence-corrected chi connectivity index (χ4v) is 1.60. The largest absolute Gasteiger partial charge is 0.368 e. The van der Waals surface area contributed by atoms with Crippen LogP contribution in [0.2, 0.25) is 0 Å². The average Bonchev–Trinajstić information content (AvgIpc) is 2.08. The third-order valence-corrected chi connectivity index (χ3v) is 2.69. The van der Waals surface area contributed by atoms with Gasteiger partial charge in [0.15, 0.2) is 0 Å². The molecule has 0 spiro atoms. The number of carbonyl (C=O) groups is 2. The van der Waals surface area contributed by atoms with Gasteiger partial charge in [0.2, 0.25) is 11.8 Å². The van der Waals surface area contributed by atoms with Crippen molar-refractivity contribution >= 4 is 11.8 Å². The fourth-order valence-electron chi connectivity index (χ4n) is 1.60. The van der Waals surface area contributed by atoms with Gasteiger partial charge in [0.1, 0.15) is 0 Å². The summed E-state index contributed by atoms with van der Waals surface area (Å²) in [6.45, 7) is 2.25. The molecule has 1 aliphatic rings. The van der Waals surface area contributed by atoms with Crippen molar-refractivity contribution in [2.24, 2.45) is 11.5 Å². The molecule has 1 fully saturated rings. The Balaban J connectivity index is 2.60. The summed E-state index contributed by atoms with van der Waals surface area (Å²) < 4.78 is 0. The van der Waals surface area contributed by atoms with Gasteiger partial charge in [0, 0.05) is 6.54 Å². The van der Waals surface area contributed by atoms with Crippen molar-refractivity contribution < 1.29 is 9.59 Å². The maximum absolute atomic E-state index is 11.8. The van der Waals surface area contributed by atoms with Gasteiger partial charge in [-0.2, -0.15) is 0 Å². The van der Waals surface area contributed by atoms with E-state index in [1.54, 1.807) is 0 Å². The van der Waals surface area contributed by atoms with Gasteiger partial charge in [-0.15, -0.1) is 0 Å². The van der Waals surface area contributed by atoms with Gasteiger partial charge in [0.05, 0.1) is 12.1 Å². The van der Waals surface area contributed by atoms with E-state index in [9.17, 15) is 9.59 Å². The lowest BCUT2D eigenvalue weighted by atomic mass is 9.76. The lowest BCUT2D eigenvalue weighted by Gasteiger charge is -2.39. The van der Waals surface area contributed by atoms with Crippen LogP contribution in [0.4, 0.5) is 0 Å². The van der Waals surface area contributed by atoms with Crippen LogP contribution in [0, 0.1) is 0 Å². The molecule has 4 N–H and O–H groups in total. The molecule has 0 atom stereocenters. The van der Waals surface area contributed by atoms with Crippen LogP contribution in [-0.2, 0) is 9.59 Å². The SMILES string of the molecule is CCN(CC(N)=O)C(=O)C1(N)CCC1. The van der Waals surface area contributed by atoms with E-state index in [0.29, 0.717) is 19.4 Å². The van der Waals surface area contributed by atoms with Crippen molar-refractivity contribution in [3.63, 3.8) is 0 Å². The van der Waals surface area contributed by atoms with Crippen LogP contribution in [0.25, 0.3) is 0 Å². The van der Waals surface area contributed by atoms with Crippen LogP contribution < -0.4 is 11.5 Å². The molecule has 0 unspecified atom stereocenters. The number of hydrogen-bond donors (Lipinski definition) is 2. The zero-order valence-electron chi connectivity index (χ0n) is 8.45. The van der Waals surface area contributed by atoms with Crippen molar-refractivity contribution in [2.45, 2.75) is 31.7 Å². The first-order chi connectivity index (χ1) is 6.49. The Morgan fingerprint density at radius 2 is 2.00 bits per heavy atom. The molecular formula is C9H17N3O2. The molecular weight excluding hydrogens is 182 g/mol. The van der Waals surface area contributed by atoms with Gasteiger partial charge < -0.3 is 16.4 Å². The summed E-state index contributed by atoms with van der Waals surface area (Å²) in [6.07, 6.45) is 2.40. The molecule has 1 saturated carbocycles. The summed E-state index contributed by atoms with van der Waals surface area (Å²) in [5, 5.41) is 0. The summed E-state index contributed by atoms with van der Waals surface area (Å²) in [5.41, 5.74) is 10.2. The van der Waals surface area contributed by atoms with Crippen LogP contribution in [-0.4, -0.2) is 35.3 Å². The van der Waals surface area contributed by atoms with Gasteiger partial charge in [-0.05, 0) is 26.2 Å². The Morgan fingerprint density at radius 3 is 2.29 bits per heavy atom. The van der Waals surface area contributed by atoms with Gasteiger partial charge in [-0.25, -0.2) is 0 Å². The van der Waals surface area contributed by atoms with Crippen LogP contribution in [0.5, 0.6) is 0 Å². The normalized spacial score (nSPS) is 18.4. The maximum atomic E-state index is 11.8. The minimum atomic E-state index is -0.731. The summed E-state index contributed by atoms with van der Waals surface area (Å²) in [7, 11) is 0. The smallest absolute Gasteiger partial charge is 0.243 e. The second-order valence-corrected chi connectivity index (χ2v) is 3.80. The van der Waals surface area contributed by atoms with Gasteiger partial charge in [-0.1, -0.05) is 0 Å². The van der Waals surface area contributed by atoms with E-state index >= 15 is 0 Å². The Bertz CT molecular complexity index is 248. The molecule has 0 bridgehead atoms. The predicted molar refractivity (Wildman–Crippen MR) is 52.2 cm³/mol. The summed E-state index contributed by atoms with van der Waals surface area (Å²) in [5.74, 6) is -0.645. The van der Waals surface area contributed by atoms with Crippen LogP contribution in [0.1, 0.15) is 26.2 Å². The molecule has 1 aliphatic carbocycles. The summed E-state index contributed by atoms with van der Waals surface area (Å²) >= 11 is 0. The number of likely N-dealkylation sites (N-methyl/N-ethyl adjacent to an activating group) is 1. The lowest BCUT2D eigenvalue weighted by molar-refractivity contribution is -0.142. The molecule has 0 saturated heterocycles. The van der Waals surface area contributed by atoms with Crippen LogP contribution >= 0.6 is 0 Å². The van der Waals surface area contributed by atoms with E-state index in [-0.39, 0.29) is 12.5 Å². The number of amides is 2. The van der Waals surface area contributed by atoms with E-state index in [2.05, 4.69) is 0 Å². The first-order valence-electron chi connectivity index (χ1n) is 4.86. The Kier molecular flexibility index (Phi) is 3.10. The molecule has 0 aromatic heterocycles. The number of nitrogens with zero attached hydrogens (tertiary/aromatic N) is 1. The van der Waals surface area contributed by atoms with E-state index < -0.39 is 11.4 Å². The van der Waals surface area contributed by atoms with E-state index in [1.165, 1.54) is 4.90 Å². The lowest BCUT2D eigenvalue weighted by Crippen LogP contribution is -2.60. The van der Waals surface area contributed by atoms with Gasteiger partial charge in [-0.3, -0.25) is 9.59 Å². The highest BCUT2D eigenvalue weighted by Gasteiger charge is 2.42. The second kappa shape index (κ2) is 3.96. The minimum absolute atomic E-state index is 0.0334. The molecule has 80 valence electrons. The zero-order valence-corrected chi connectivity index (χ0v) is 8.45. The molecule has 5 heteroatoms. The van der Waals surface area contributed by atoms with Crippen molar-refractivity contribution in [2.75, 3.05) is 13.1 Å². The van der Waals surface area contributed by atoms with Gasteiger partial charge >= 0.3 is 0 Å². The fraction of sp³-hybridized carbons (Fsp3) is 0.778. The van der Waals surface area contributed by atoms with Crippen molar-refractivity contribution in [1.29, 1.82) is 0 Å². The number of hydrogen-bond acceptors (Lipinski definition) is 3. The Morgan fingerprint density at radius 1 is 1.43 bits per heavy atom. The third kappa shape index (κ3) is 2.04. The molecule has 5 nitrogen and oxygen atoms in total. The highest BCUT2D eigenvalue weighted by molar-refractivity contribution is 5.90. The standard InChI is InChI=1S/C9H17N3O2/c1-2-12(6-7(10)13)8(14)9(11)4-3-5-9/h2-6,11H2,1H3,(H2,10,13). The molecule has 14 heavy (non-hydrogen) atoms. The molecule has 0 aromatic carbocycles. The predicted octanol–water partition coefficient (Wildman–Crippen LogP) is -0.798. The van der Waals surface area contributed by atoms with Crippen molar-refractivity contribution in [3.8, 4) is 0 Å². The van der Waals surface area contributed by atoms with Crippen LogP contribution in [0.15, 0.2) is 0 Å². The monoisotopic (exact) mass is 199 g/mol. The Labute approximate surface area is 83.4 Å². The second-order valence-electron chi connectivity index (χ2n) is 3.80. The summed E-state index contributed by atoms with van der Waals surface area (Å²) in [6, 6.07) is 0. The molecule has 0 aliphatic heterocycles. The number of rotatable bonds is 4. The topological polar surface area (TPSA) is 89.4 Å². The van der Waals surface area contributed by atoms with Crippen molar-refractivity contribution in [3.05, 3.63) is 0 Å². The zero-order chi connectivity index (χ0) is 10.8. The average molecular weight is 199 g/mol. The van der Waals surface area contributed by atoms with Gasteiger partial charge in [0.25, 0.3) is 0 Å². The first-order valence-corrected chi connectivity index (χ1v) is 4.86. The number of primary amides is 1. The quantitative estimate of drug-likeness (QED) is 0.621. The molecule has 2 amide bonds. The molecule has 0 aromatic rings.